The summed E-state index contributed by atoms with van der Waals surface area (Å²) in [6.07, 6.45) is 1.12. The zero-order valence-electron chi connectivity index (χ0n) is 10.7. The summed E-state index contributed by atoms with van der Waals surface area (Å²) in [5, 5.41) is 4.91. The van der Waals surface area contributed by atoms with Crippen LogP contribution in [0, 0.1) is 5.92 Å². The lowest BCUT2D eigenvalue weighted by Crippen LogP contribution is -2.30. The van der Waals surface area contributed by atoms with E-state index in [0.717, 1.165) is 30.2 Å². The fourth-order valence-electron chi connectivity index (χ4n) is 2.31. The highest BCUT2D eigenvalue weighted by atomic mass is 35.5. The SMILES string of the molecule is CC(C)NCC1CCOC1c1cc(Cl)ccc1Cl. The first kappa shape index (κ1) is 14.1. The second-order valence-electron chi connectivity index (χ2n) is 5.07. The van der Waals surface area contributed by atoms with Crippen LogP contribution in [0.1, 0.15) is 31.9 Å². The molecule has 0 spiro atoms. The topological polar surface area (TPSA) is 21.3 Å². The summed E-state index contributed by atoms with van der Waals surface area (Å²) in [5.74, 6) is 0.461. The molecule has 1 aliphatic rings. The van der Waals surface area contributed by atoms with E-state index in [2.05, 4.69) is 19.2 Å². The molecule has 0 radical (unpaired) electrons. The molecule has 1 saturated heterocycles. The molecule has 0 saturated carbocycles. The van der Waals surface area contributed by atoms with Crippen LogP contribution in [0.25, 0.3) is 0 Å². The summed E-state index contributed by atoms with van der Waals surface area (Å²) in [5.41, 5.74) is 1.01. The Bertz CT molecular complexity index is 409. The Kier molecular flexibility index (Phi) is 4.91. The molecule has 2 unspecified atom stereocenters. The molecule has 2 nitrogen and oxygen atoms in total. The molecule has 0 amide bonds. The van der Waals surface area contributed by atoms with Crippen molar-refractivity contribution in [3.8, 4) is 0 Å². The average Bonchev–Trinajstić information content (AvgIpc) is 2.77. The van der Waals surface area contributed by atoms with Crippen LogP contribution in [-0.4, -0.2) is 19.2 Å². The summed E-state index contributed by atoms with van der Waals surface area (Å²) < 4.78 is 5.84. The third-order valence-corrected chi connectivity index (χ3v) is 3.85. The van der Waals surface area contributed by atoms with Gasteiger partial charge in [0.15, 0.2) is 0 Å². The Morgan fingerprint density at radius 2 is 2.17 bits per heavy atom. The molecule has 2 rings (SSSR count). The first-order valence-electron chi connectivity index (χ1n) is 6.38. The van der Waals surface area contributed by atoms with Gasteiger partial charge in [0.2, 0.25) is 0 Å². The minimum atomic E-state index is 0.0578. The molecule has 100 valence electrons. The Morgan fingerprint density at radius 3 is 2.89 bits per heavy atom. The second kappa shape index (κ2) is 6.25. The van der Waals surface area contributed by atoms with E-state index in [4.69, 9.17) is 27.9 Å². The lowest BCUT2D eigenvalue weighted by atomic mass is 9.95. The highest BCUT2D eigenvalue weighted by Gasteiger charge is 2.31. The Balaban J connectivity index is 2.13. The van der Waals surface area contributed by atoms with Crippen LogP contribution in [0.3, 0.4) is 0 Å². The summed E-state index contributed by atoms with van der Waals surface area (Å²) in [4.78, 5) is 0. The summed E-state index contributed by atoms with van der Waals surface area (Å²) >= 11 is 12.3. The molecular formula is C14H19Cl2NO. The fraction of sp³-hybridized carbons (Fsp3) is 0.571. The molecule has 0 aliphatic carbocycles. The molecule has 2 atom stereocenters. The van der Waals surface area contributed by atoms with Crippen LogP contribution >= 0.6 is 23.2 Å². The molecule has 1 N–H and O–H groups in total. The Labute approximate surface area is 119 Å². The number of hydrogen-bond donors (Lipinski definition) is 1. The molecule has 0 bridgehead atoms. The maximum absolute atomic E-state index is 6.25. The molecule has 1 heterocycles. The van der Waals surface area contributed by atoms with Crippen LogP contribution in [0.5, 0.6) is 0 Å². The van der Waals surface area contributed by atoms with E-state index in [1.807, 2.05) is 18.2 Å². The van der Waals surface area contributed by atoms with Crippen LogP contribution in [0.2, 0.25) is 10.0 Å². The van der Waals surface area contributed by atoms with Crippen molar-refractivity contribution in [3.05, 3.63) is 33.8 Å². The highest BCUT2D eigenvalue weighted by molar-refractivity contribution is 6.33. The number of benzene rings is 1. The molecule has 0 aromatic heterocycles. The van der Waals surface area contributed by atoms with E-state index in [0.29, 0.717) is 17.0 Å². The number of rotatable bonds is 4. The van der Waals surface area contributed by atoms with Crippen molar-refractivity contribution < 1.29 is 4.74 Å². The van der Waals surface area contributed by atoms with Gasteiger partial charge in [-0.25, -0.2) is 0 Å². The number of ether oxygens (including phenoxy) is 1. The van der Waals surface area contributed by atoms with Crippen molar-refractivity contribution in [3.63, 3.8) is 0 Å². The lowest BCUT2D eigenvalue weighted by molar-refractivity contribution is 0.0901. The van der Waals surface area contributed by atoms with Crippen LogP contribution in [-0.2, 0) is 4.74 Å². The zero-order valence-corrected chi connectivity index (χ0v) is 12.3. The van der Waals surface area contributed by atoms with Gasteiger partial charge in [-0.15, -0.1) is 0 Å². The quantitative estimate of drug-likeness (QED) is 0.901. The van der Waals surface area contributed by atoms with Gasteiger partial charge in [0.25, 0.3) is 0 Å². The highest BCUT2D eigenvalue weighted by Crippen LogP contribution is 2.38. The third-order valence-electron chi connectivity index (χ3n) is 3.27. The average molecular weight is 288 g/mol. The molecule has 4 heteroatoms. The number of halogens is 2. The minimum Gasteiger partial charge on any atom is -0.373 e. The monoisotopic (exact) mass is 287 g/mol. The van der Waals surface area contributed by atoms with Gasteiger partial charge in [-0.2, -0.15) is 0 Å². The van der Waals surface area contributed by atoms with Crippen molar-refractivity contribution in [1.82, 2.24) is 5.32 Å². The van der Waals surface area contributed by atoms with Crippen molar-refractivity contribution in [1.29, 1.82) is 0 Å². The third kappa shape index (κ3) is 3.39. The molecular weight excluding hydrogens is 269 g/mol. The number of nitrogens with one attached hydrogen (secondary N) is 1. The molecule has 1 fully saturated rings. The van der Waals surface area contributed by atoms with E-state index >= 15 is 0 Å². The molecule has 1 aromatic carbocycles. The second-order valence-corrected chi connectivity index (χ2v) is 5.91. The Hall–Kier alpha value is -0.280. The zero-order chi connectivity index (χ0) is 13.1. The van der Waals surface area contributed by atoms with Crippen molar-refractivity contribution in [2.24, 2.45) is 5.92 Å². The maximum atomic E-state index is 6.25. The van der Waals surface area contributed by atoms with Crippen molar-refractivity contribution >= 4 is 23.2 Å². The van der Waals surface area contributed by atoms with Gasteiger partial charge in [-0.3, -0.25) is 0 Å². The van der Waals surface area contributed by atoms with Crippen LogP contribution in [0.15, 0.2) is 18.2 Å². The van der Waals surface area contributed by atoms with Crippen molar-refractivity contribution in [2.45, 2.75) is 32.4 Å². The predicted octanol–water partition coefficient (Wildman–Crippen LogP) is 4.07. The van der Waals surface area contributed by atoms with Crippen LogP contribution < -0.4 is 5.32 Å². The smallest absolute Gasteiger partial charge is 0.0880 e. The van der Waals surface area contributed by atoms with Crippen molar-refractivity contribution in [2.75, 3.05) is 13.2 Å². The van der Waals surface area contributed by atoms with Gasteiger partial charge < -0.3 is 10.1 Å². The summed E-state index contributed by atoms with van der Waals surface area (Å²) in [6.45, 7) is 6.04. The van der Waals surface area contributed by atoms with Gasteiger partial charge in [-0.05, 0) is 24.6 Å². The standard InChI is InChI=1S/C14H19Cl2NO/c1-9(2)17-8-10-5-6-18-14(10)12-7-11(15)3-4-13(12)16/h3-4,7,9-10,14,17H,5-6,8H2,1-2H3. The first-order chi connectivity index (χ1) is 8.58. The van der Waals surface area contributed by atoms with Gasteiger partial charge in [0, 0.05) is 40.7 Å². The summed E-state index contributed by atoms with van der Waals surface area (Å²) in [7, 11) is 0. The lowest BCUT2D eigenvalue weighted by Gasteiger charge is -2.21. The van der Waals surface area contributed by atoms with Crippen LogP contribution in [0.4, 0.5) is 0 Å². The molecule has 1 aliphatic heterocycles. The molecule has 18 heavy (non-hydrogen) atoms. The normalized spacial score (nSPS) is 23.8. The number of hydrogen-bond acceptors (Lipinski definition) is 2. The van der Waals surface area contributed by atoms with E-state index in [9.17, 15) is 0 Å². The van der Waals surface area contributed by atoms with E-state index < -0.39 is 0 Å². The van der Waals surface area contributed by atoms with Gasteiger partial charge >= 0.3 is 0 Å². The first-order valence-corrected chi connectivity index (χ1v) is 7.13. The van der Waals surface area contributed by atoms with Gasteiger partial charge in [0.1, 0.15) is 0 Å². The fourth-order valence-corrected chi connectivity index (χ4v) is 2.71. The van der Waals surface area contributed by atoms with E-state index in [-0.39, 0.29) is 6.10 Å². The maximum Gasteiger partial charge on any atom is 0.0880 e. The minimum absolute atomic E-state index is 0.0578. The van der Waals surface area contributed by atoms with Gasteiger partial charge in [-0.1, -0.05) is 37.0 Å². The van der Waals surface area contributed by atoms with Gasteiger partial charge in [0.05, 0.1) is 6.10 Å². The molecule has 1 aromatic rings. The largest absolute Gasteiger partial charge is 0.373 e. The van der Waals surface area contributed by atoms with E-state index in [1.54, 1.807) is 0 Å². The summed E-state index contributed by atoms with van der Waals surface area (Å²) in [6, 6.07) is 6.06. The van der Waals surface area contributed by atoms with E-state index in [1.165, 1.54) is 0 Å². The predicted molar refractivity (Wildman–Crippen MR) is 76.4 cm³/mol. The Morgan fingerprint density at radius 1 is 1.39 bits per heavy atom.